The molecule has 0 saturated heterocycles. The number of nitrogens with one attached hydrogen (secondary N) is 1. The predicted molar refractivity (Wildman–Crippen MR) is 94.4 cm³/mol. The Morgan fingerprint density at radius 3 is 2.76 bits per heavy atom. The molecule has 6 nitrogen and oxygen atoms in total. The number of pyridine rings is 1. The van der Waals surface area contributed by atoms with E-state index in [1.807, 2.05) is 18.3 Å². The SMILES string of the molecule is CCCCc1cccc[n+]1CCOC(=O)Nc1ccc(N=C=O)cc1. The average Bonchev–Trinajstić information content (AvgIpc) is 2.63. The van der Waals surface area contributed by atoms with Crippen LogP contribution in [-0.2, 0) is 22.5 Å². The number of aromatic nitrogens is 1. The minimum atomic E-state index is -0.515. The molecule has 1 N–H and O–H groups in total. The molecule has 0 radical (unpaired) electrons. The van der Waals surface area contributed by atoms with Gasteiger partial charge in [0.2, 0.25) is 6.08 Å². The van der Waals surface area contributed by atoms with Crippen LogP contribution >= 0.6 is 0 Å². The molecule has 0 bridgehead atoms. The molecular formula is C19H22N3O3+. The fourth-order valence-corrected chi connectivity index (χ4v) is 2.38. The van der Waals surface area contributed by atoms with Crippen LogP contribution in [0, 0.1) is 0 Å². The second-order valence-electron chi connectivity index (χ2n) is 5.50. The van der Waals surface area contributed by atoms with Crippen molar-refractivity contribution >= 4 is 23.5 Å². The second-order valence-corrected chi connectivity index (χ2v) is 5.50. The number of rotatable bonds is 8. The summed E-state index contributed by atoms with van der Waals surface area (Å²) in [6.45, 7) is 3.06. The number of anilines is 1. The van der Waals surface area contributed by atoms with E-state index in [-0.39, 0.29) is 6.61 Å². The van der Waals surface area contributed by atoms with Gasteiger partial charge in [-0.15, -0.1) is 0 Å². The van der Waals surface area contributed by atoms with Crippen molar-refractivity contribution in [3.63, 3.8) is 0 Å². The lowest BCUT2D eigenvalue weighted by atomic mass is 10.2. The summed E-state index contributed by atoms with van der Waals surface area (Å²) in [5, 5.41) is 2.64. The van der Waals surface area contributed by atoms with Gasteiger partial charge in [-0.25, -0.2) is 9.59 Å². The molecule has 0 aliphatic carbocycles. The highest BCUT2D eigenvalue weighted by molar-refractivity contribution is 5.84. The smallest absolute Gasteiger partial charge is 0.411 e. The second kappa shape index (κ2) is 10.0. The summed E-state index contributed by atoms with van der Waals surface area (Å²) < 4.78 is 7.34. The number of hydrogen-bond acceptors (Lipinski definition) is 4. The first kappa shape index (κ1) is 18.4. The van der Waals surface area contributed by atoms with Crippen LogP contribution < -0.4 is 9.88 Å². The highest BCUT2D eigenvalue weighted by Crippen LogP contribution is 2.15. The lowest BCUT2D eigenvalue weighted by molar-refractivity contribution is -0.705. The molecule has 0 aliphatic heterocycles. The number of aryl methyl sites for hydroxylation is 1. The van der Waals surface area contributed by atoms with E-state index in [0.29, 0.717) is 17.9 Å². The van der Waals surface area contributed by atoms with Gasteiger partial charge in [0.1, 0.15) is 0 Å². The number of ether oxygens (including phenoxy) is 1. The molecule has 0 fully saturated rings. The number of isocyanates is 1. The van der Waals surface area contributed by atoms with Crippen LogP contribution in [0.4, 0.5) is 16.2 Å². The third-order valence-electron chi connectivity index (χ3n) is 3.67. The van der Waals surface area contributed by atoms with Gasteiger partial charge in [-0.3, -0.25) is 5.32 Å². The van der Waals surface area contributed by atoms with E-state index in [1.165, 1.54) is 11.8 Å². The van der Waals surface area contributed by atoms with Gasteiger partial charge in [0.05, 0.1) is 5.69 Å². The number of carbonyl (C=O) groups is 1. The van der Waals surface area contributed by atoms with Crippen molar-refractivity contribution in [2.75, 3.05) is 11.9 Å². The van der Waals surface area contributed by atoms with Crippen LogP contribution in [-0.4, -0.2) is 18.8 Å². The molecule has 6 heteroatoms. The van der Waals surface area contributed by atoms with Crippen LogP contribution in [0.3, 0.4) is 0 Å². The van der Waals surface area contributed by atoms with Crippen molar-refractivity contribution in [1.82, 2.24) is 0 Å². The van der Waals surface area contributed by atoms with Gasteiger partial charge in [0, 0.05) is 24.2 Å². The van der Waals surface area contributed by atoms with Crippen molar-refractivity contribution in [2.45, 2.75) is 32.7 Å². The maximum absolute atomic E-state index is 11.8. The van der Waals surface area contributed by atoms with Crippen LogP contribution in [0.25, 0.3) is 0 Å². The fraction of sp³-hybridized carbons (Fsp3) is 0.316. The summed E-state index contributed by atoms with van der Waals surface area (Å²) >= 11 is 0. The Morgan fingerprint density at radius 2 is 2.04 bits per heavy atom. The molecule has 0 unspecified atom stereocenters. The molecule has 1 aromatic heterocycles. The minimum Gasteiger partial charge on any atom is -0.443 e. The maximum Gasteiger partial charge on any atom is 0.411 e. The van der Waals surface area contributed by atoms with Crippen molar-refractivity contribution < 1.29 is 18.9 Å². The van der Waals surface area contributed by atoms with Gasteiger partial charge in [-0.05, 0) is 30.7 Å². The standard InChI is InChI=1S/C19H21N3O3/c1-2-3-6-18-7-4-5-12-22(18)13-14-25-19(24)21-17-10-8-16(9-11-17)20-15-23/h4-5,7-12H,2-3,6,13-14H2,1H3/p+1. The number of nitrogens with zero attached hydrogens (tertiary/aromatic N) is 2. The first-order valence-electron chi connectivity index (χ1n) is 8.32. The summed E-state index contributed by atoms with van der Waals surface area (Å²) in [4.78, 5) is 25.5. The Kier molecular flexibility index (Phi) is 7.35. The number of amides is 1. The molecule has 2 rings (SSSR count). The van der Waals surface area contributed by atoms with Gasteiger partial charge < -0.3 is 4.74 Å². The Bertz CT molecular complexity index is 738. The summed E-state index contributed by atoms with van der Waals surface area (Å²) in [6.07, 6.45) is 6.24. The minimum absolute atomic E-state index is 0.285. The number of benzene rings is 1. The number of hydrogen-bond donors (Lipinski definition) is 1. The summed E-state index contributed by atoms with van der Waals surface area (Å²) in [7, 11) is 0. The first-order valence-corrected chi connectivity index (χ1v) is 8.32. The van der Waals surface area contributed by atoms with Crippen LogP contribution in [0.15, 0.2) is 53.7 Å². The van der Waals surface area contributed by atoms with E-state index >= 15 is 0 Å². The molecule has 0 atom stereocenters. The topological polar surface area (TPSA) is 71.6 Å². The molecule has 0 spiro atoms. The number of unbranched alkanes of at least 4 members (excludes halogenated alkanes) is 1. The van der Waals surface area contributed by atoms with E-state index < -0.39 is 6.09 Å². The van der Waals surface area contributed by atoms with Gasteiger partial charge in [0.25, 0.3) is 0 Å². The average molecular weight is 340 g/mol. The molecule has 0 saturated carbocycles. The molecule has 25 heavy (non-hydrogen) atoms. The normalized spacial score (nSPS) is 9.96. The van der Waals surface area contributed by atoms with Crippen molar-refractivity contribution in [2.24, 2.45) is 4.99 Å². The fourth-order valence-electron chi connectivity index (χ4n) is 2.38. The van der Waals surface area contributed by atoms with E-state index in [4.69, 9.17) is 4.74 Å². The zero-order valence-corrected chi connectivity index (χ0v) is 14.3. The van der Waals surface area contributed by atoms with Gasteiger partial charge in [0.15, 0.2) is 25.0 Å². The monoisotopic (exact) mass is 340 g/mol. The molecule has 1 aromatic carbocycles. The van der Waals surface area contributed by atoms with E-state index in [1.54, 1.807) is 24.3 Å². The maximum atomic E-state index is 11.8. The largest absolute Gasteiger partial charge is 0.443 e. The quantitative estimate of drug-likeness (QED) is 0.454. The summed E-state index contributed by atoms with van der Waals surface area (Å²) in [6, 6.07) is 12.6. The zero-order valence-electron chi connectivity index (χ0n) is 14.3. The predicted octanol–water partition coefficient (Wildman–Crippen LogP) is 3.53. The van der Waals surface area contributed by atoms with E-state index in [2.05, 4.69) is 27.9 Å². The van der Waals surface area contributed by atoms with Crippen LogP contribution in [0.5, 0.6) is 0 Å². The molecule has 130 valence electrons. The number of aliphatic imine (C=N–C) groups is 1. The lowest BCUT2D eigenvalue weighted by Crippen LogP contribution is -2.40. The lowest BCUT2D eigenvalue weighted by Gasteiger charge is -2.07. The van der Waals surface area contributed by atoms with Crippen LogP contribution in [0.2, 0.25) is 0 Å². The van der Waals surface area contributed by atoms with Gasteiger partial charge >= 0.3 is 6.09 Å². The van der Waals surface area contributed by atoms with Crippen molar-refractivity contribution in [3.05, 3.63) is 54.4 Å². The van der Waals surface area contributed by atoms with Crippen LogP contribution in [0.1, 0.15) is 25.5 Å². The molecular weight excluding hydrogens is 318 g/mol. The third kappa shape index (κ3) is 6.20. The first-order chi connectivity index (χ1) is 12.2. The van der Waals surface area contributed by atoms with Gasteiger partial charge in [-0.1, -0.05) is 19.4 Å². The molecule has 0 aliphatic rings. The van der Waals surface area contributed by atoms with E-state index in [9.17, 15) is 9.59 Å². The summed E-state index contributed by atoms with van der Waals surface area (Å²) in [5.41, 5.74) is 2.29. The Balaban J connectivity index is 1.81. The molecule has 1 heterocycles. The Hall–Kier alpha value is -2.98. The van der Waals surface area contributed by atoms with Gasteiger partial charge in [-0.2, -0.15) is 9.56 Å². The highest BCUT2D eigenvalue weighted by Gasteiger charge is 2.10. The Labute approximate surface area is 147 Å². The summed E-state index contributed by atoms with van der Waals surface area (Å²) in [5.74, 6) is 0. The van der Waals surface area contributed by atoms with Crippen molar-refractivity contribution in [3.8, 4) is 0 Å². The Morgan fingerprint density at radius 1 is 1.24 bits per heavy atom. The molecule has 1 amide bonds. The number of carbonyl (C=O) groups excluding carboxylic acids is 2. The highest BCUT2D eigenvalue weighted by atomic mass is 16.5. The zero-order chi connectivity index (χ0) is 17.9. The third-order valence-corrected chi connectivity index (χ3v) is 3.67. The van der Waals surface area contributed by atoms with Crippen molar-refractivity contribution in [1.29, 1.82) is 0 Å². The van der Waals surface area contributed by atoms with E-state index in [0.717, 1.165) is 19.3 Å². The molecule has 2 aromatic rings.